The molecule has 0 spiro atoms. The van der Waals surface area contributed by atoms with Gasteiger partial charge in [0.2, 0.25) is 0 Å². The average Bonchev–Trinajstić information content (AvgIpc) is 3.34. The Morgan fingerprint density at radius 3 is 2.70 bits per heavy atom. The van der Waals surface area contributed by atoms with Crippen molar-refractivity contribution in [1.82, 2.24) is 15.5 Å². The SMILES string of the molecule is CNC(=O)OCc1ccccc1-c1ccc(C(C)Nc2nnc(C)c3ccc(OC)cc23)s1. The molecular weight excluding hydrogens is 436 g/mol. The summed E-state index contributed by atoms with van der Waals surface area (Å²) in [4.78, 5) is 13.8. The van der Waals surface area contributed by atoms with E-state index < -0.39 is 6.09 Å². The van der Waals surface area contributed by atoms with Crippen molar-refractivity contribution in [2.24, 2.45) is 0 Å². The Balaban J connectivity index is 1.58. The van der Waals surface area contributed by atoms with Gasteiger partial charge in [-0.3, -0.25) is 0 Å². The van der Waals surface area contributed by atoms with Gasteiger partial charge in [0, 0.05) is 27.6 Å². The van der Waals surface area contributed by atoms with E-state index in [4.69, 9.17) is 9.47 Å². The van der Waals surface area contributed by atoms with E-state index in [9.17, 15) is 4.79 Å². The van der Waals surface area contributed by atoms with Gasteiger partial charge in [-0.25, -0.2) is 4.79 Å². The molecule has 2 aromatic heterocycles. The van der Waals surface area contributed by atoms with Crippen LogP contribution < -0.4 is 15.4 Å². The average molecular weight is 463 g/mol. The van der Waals surface area contributed by atoms with Crippen LogP contribution in [0.1, 0.15) is 29.1 Å². The van der Waals surface area contributed by atoms with Crippen LogP contribution in [0.5, 0.6) is 5.75 Å². The molecule has 170 valence electrons. The Morgan fingerprint density at radius 1 is 1.09 bits per heavy atom. The number of alkyl carbamates (subject to hydrolysis) is 1. The van der Waals surface area contributed by atoms with E-state index in [1.54, 1.807) is 25.5 Å². The second kappa shape index (κ2) is 9.87. The van der Waals surface area contributed by atoms with Crippen LogP contribution in [0.2, 0.25) is 0 Å². The lowest BCUT2D eigenvalue weighted by atomic mass is 10.1. The molecule has 0 aliphatic heterocycles. The lowest BCUT2D eigenvalue weighted by Gasteiger charge is -2.15. The Morgan fingerprint density at radius 2 is 1.91 bits per heavy atom. The second-order valence-corrected chi connectivity index (χ2v) is 8.71. The largest absolute Gasteiger partial charge is 0.497 e. The van der Waals surface area contributed by atoms with E-state index in [1.165, 1.54) is 0 Å². The number of aryl methyl sites for hydroxylation is 1. The summed E-state index contributed by atoms with van der Waals surface area (Å²) in [7, 11) is 3.20. The first-order valence-corrected chi connectivity index (χ1v) is 11.4. The molecule has 1 atom stereocenters. The number of fused-ring (bicyclic) bond motifs is 1. The summed E-state index contributed by atoms with van der Waals surface area (Å²) in [6, 6.07) is 18.1. The number of amides is 1. The predicted octanol–water partition coefficient (Wildman–Crippen LogP) is 5.70. The minimum Gasteiger partial charge on any atom is -0.497 e. The highest BCUT2D eigenvalue weighted by Gasteiger charge is 2.15. The molecule has 0 bridgehead atoms. The van der Waals surface area contributed by atoms with Gasteiger partial charge < -0.3 is 20.1 Å². The molecule has 2 heterocycles. The molecule has 1 unspecified atom stereocenters. The smallest absolute Gasteiger partial charge is 0.407 e. The zero-order chi connectivity index (χ0) is 23.4. The molecule has 4 rings (SSSR count). The number of benzene rings is 2. The number of hydrogen-bond acceptors (Lipinski definition) is 7. The fourth-order valence-corrected chi connectivity index (χ4v) is 4.68. The van der Waals surface area contributed by atoms with Gasteiger partial charge in [-0.1, -0.05) is 24.3 Å². The van der Waals surface area contributed by atoms with Gasteiger partial charge in [0.15, 0.2) is 5.82 Å². The molecule has 4 aromatic rings. The Hall–Kier alpha value is -3.65. The van der Waals surface area contributed by atoms with Gasteiger partial charge in [-0.15, -0.1) is 16.4 Å². The third kappa shape index (κ3) is 4.90. The molecule has 0 fully saturated rings. The van der Waals surface area contributed by atoms with Gasteiger partial charge in [-0.05, 0) is 55.3 Å². The van der Waals surface area contributed by atoms with Gasteiger partial charge >= 0.3 is 6.09 Å². The summed E-state index contributed by atoms with van der Waals surface area (Å²) in [6.07, 6.45) is -0.447. The van der Waals surface area contributed by atoms with Crippen molar-refractivity contribution in [2.75, 3.05) is 19.5 Å². The van der Waals surface area contributed by atoms with Gasteiger partial charge in [0.25, 0.3) is 0 Å². The summed E-state index contributed by atoms with van der Waals surface area (Å²) < 4.78 is 10.7. The highest BCUT2D eigenvalue weighted by atomic mass is 32.1. The van der Waals surface area contributed by atoms with E-state index in [0.29, 0.717) is 0 Å². The van der Waals surface area contributed by atoms with Crippen molar-refractivity contribution in [1.29, 1.82) is 0 Å². The number of nitrogens with one attached hydrogen (secondary N) is 2. The number of hydrogen-bond donors (Lipinski definition) is 2. The van der Waals surface area contributed by atoms with Crippen LogP contribution in [-0.4, -0.2) is 30.4 Å². The molecule has 0 aliphatic carbocycles. The lowest BCUT2D eigenvalue weighted by Crippen LogP contribution is -2.18. The number of rotatable bonds is 7. The number of methoxy groups -OCH3 is 1. The van der Waals surface area contributed by atoms with Crippen LogP contribution >= 0.6 is 11.3 Å². The minimum atomic E-state index is -0.447. The summed E-state index contributed by atoms with van der Waals surface area (Å²) in [6.45, 7) is 4.26. The monoisotopic (exact) mass is 462 g/mol. The van der Waals surface area contributed by atoms with Crippen LogP contribution in [-0.2, 0) is 11.3 Å². The number of anilines is 1. The van der Waals surface area contributed by atoms with Gasteiger partial charge in [0.1, 0.15) is 12.4 Å². The van der Waals surface area contributed by atoms with Crippen LogP contribution in [0.3, 0.4) is 0 Å². The third-order valence-electron chi connectivity index (χ3n) is 5.42. The molecule has 1 amide bonds. The van der Waals surface area contributed by atoms with E-state index in [2.05, 4.69) is 39.9 Å². The van der Waals surface area contributed by atoms with Crippen molar-refractivity contribution < 1.29 is 14.3 Å². The zero-order valence-corrected chi connectivity index (χ0v) is 19.8. The normalized spacial score (nSPS) is 11.8. The zero-order valence-electron chi connectivity index (χ0n) is 19.0. The number of nitrogens with zero attached hydrogens (tertiary/aromatic N) is 2. The molecule has 8 heteroatoms. The topological polar surface area (TPSA) is 85.4 Å². The summed E-state index contributed by atoms with van der Waals surface area (Å²) in [5, 5.41) is 16.7. The molecule has 2 N–H and O–H groups in total. The van der Waals surface area contributed by atoms with Gasteiger partial charge in [0.05, 0.1) is 18.8 Å². The van der Waals surface area contributed by atoms with Gasteiger partial charge in [-0.2, -0.15) is 5.10 Å². The quantitative estimate of drug-likeness (QED) is 0.366. The number of carbonyl (C=O) groups excluding carboxylic acids is 1. The van der Waals surface area contributed by atoms with Crippen LogP contribution in [0.4, 0.5) is 10.6 Å². The fourth-order valence-electron chi connectivity index (χ4n) is 3.61. The Labute approximate surface area is 196 Å². The van der Waals surface area contributed by atoms with E-state index >= 15 is 0 Å². The van der Waals surface area contributed by atoms with E-state index in [0.717, 1.165) is 48.9 Å². The number of carbonyl (C=O) groups is 1. The molecule has 0 radical (unpaired) electrons. The maximum Gasteiger partial charge on any atom is 0.407 e. The summed E-state index contributed by atoms with van der Waals surface area (Å²) in [5.74, 6) is 1.50. The molecule has 33 heavy (non-hydrogen) atoms. The maximum atomic E-state index is 11.5. The Kier molecular flexibility index (Phi) is 6.74. The molecule has 7 nitrogen and oxygen atoms in total. The predicted molar refractivity (Wildman–Crippen MR) is 132 cm³/mol. The van der Waals surface area contributed by atoms with Crippen molar-refractivity contribution in [2.45, 2.75) is 26.5 Å². The minimum absolute atomic E-state index is 0.0180. The molecule has 0 saturated heterocycles. The summed E-state index contributed by atoms with van der Waals surface area (Å²) >= 11 is 1.69. The highest BCUT2D eigenvalue weighted by molar-refractivity contribution is 7.15. The lowest BCUT2D eigenvalue weighted by molar-refractivity contribution is 0.142. The van der Waals surface area contributed by atoms with E-state index in [1.807, 2.05) is 49.4 Å². The first kappa shape index (κ1) is 22.5. The molecule has 0 aliphatic rings. The molecule has 0 saturated carbocycles. The van der Waals surface area contributed by atoms with Crippen molar-refractivity contribution in [3.8, 4) is 16.2 Å². The third-order valence-corrected chi connectivity index (χ3v) is 6.73. The Bertz CT molecular complexity index is 1290. The second-order valence-electron chi connectivity index (χ2n) is 7.60. The van der Waals surface area contributed by atoms with Crippen molar-refractivity contribution >= 4 is 34.0 Å². The number of aromatic nitrogens is 2. The summed E-state index contributed by atoms with van der Waals surface area (Å²) in [5.41, 5.74) is 2.88. The van der Waals surface area contributed by atoms with Crippen molar-refractivity contribution in [3.63, 3.8) is 0 Å². The molecular formula is C25H26N4O3S. The van der Waals surface area contributed by atoms with Crippen LogP contribution in [0.25, 0.3) is 21.2 Å². The van der Waals surface area contributed by atoms with Crippen LogP contribution in [0, 0.1) is 6.92 Å². The standard InChI is InChI=1S/C25H26N4O3S/c1-15-19-10-9-18(31-4)13-21(19)24(29-28-15)27-16(2)22-11-12-23(33-22)20-8-6-5-7-17(20)14-32-25(30)26-3/h5-13,16H,14H2,1-4H3,(H,26,30)(H,27,29). The fraction of sp³-hybridized carbons (Fsp3) is 0.240. The molecule has 2 aromatic carbocycles. The first-order valence-electron chi connectivity index (χ1n) is 10.6. The number of ether oxygens (including phenoxy) is 2. The van der Waals surface area contributed by atoms with Crippen LogP contribution in [0.15, 0.2) is 54.6 Å². The van der Waals surface area contributed by atoms with E-state index in [-0.39, 0.29) is 12.6 Å². The number of thiophene rings is 1. The highest BCUT2D eigenvalue weighted by Crippen LogP contribution is 2.36. The first-order chi connectivity index (χ1) is 16.0. The van der Waals surface area contributed by atoms with Crippen molar-refractivity contribution in [3.05, 3.63) is 70.7 Å². The maximum absolute atomic E-state index is 11.5.